The normalized spacial score (nSPS) is 10.0. The minimum atomic E-state index is -0.631. The van der Waals surface area contributed by atoms with Crippen LogP contribution >= 0.6 is 0 Å². The molecular formula is C18H20N2O2. The molecule has 2 aromatic carbocycles. The van der Waals surface area contributed by atoms with Gasteiger partial charge in [0.2, 0.25) is 0 Å². The number of aryl methyl sites for hydroxylation is 2. The Kier molecular flexibility index (Phi) is 5.72. The number of hydrogen-bond donors (Lipinski definition) is 2. The molecule has 0 aliphatic rings. The van der Waals surface area contributed by atoms with Crippen molar-refractivity contribution in [3.8, 4) is 0 Å². The van der Waals surface area contributed by atoms with Crippen molar-refractivity contribution in [3.63, 3.8) is 0 Å². The second kappa shape index (κ2) is 7.98. The fraction of sp³-hybridized carbons (Fsp3) is 0.222. The lowest BCUT2D eigenvalue weighted by atomic mass is 10.1. The van der Waals surface area contributed by atoms with Crippen molar-refractivity contribution in [2.24, 2.45) is 0 Å². The van der Waals surface area contributed by atoms with E-state index in [0.29, 0.717) is 12.2 Å². The van der Waals surface area contributed by atoms with Crippen LogP contribution in [0, 0.1) is 6.92 Å². The first-order chi connectivity index (χ1) is 10.7. The summed E-state index contributed by atoms with van der Waals surface area (Å²) in [4.78, 5) is 23.6. The van der Waals surface area contributed by atoms with E-state index < -0.39 is 11.8 Å². The van der Waals surface area contributed by atoms with Gasteiger partial charge in [-0.2, -0.15) is 0 Å². The molecule has 4 nitrogen and oxygen atoms in total. The summed E-state index contributed by atoms with van der Waals surface area (Å²) in [6.45, 7) is 2.36. The van der Waals surface area contributed by atoms with Crippen LogP contribution in [0.5, 0.6) is 0 Å². The van der Waals surface area contributed by atoms with Gasteiger partial charge in [-0.05, 0) is 37.0 Å². The minimum Gasteiger partial charge on any atom is -0.348 e. The lowest BCUT2D eigenvalue weighted by Crippen LogP contribution is -2.36. The van der Waals surface area contributed by atoms with Crippen molar-refractivity contribution in [3.05, 3.63) is 65.7 Å². The van der Waals surface area contributed by atoms with Gasteiger partial charge in [0.15, 0.2) is 0 Å². The van der Waals surface area contributed by atoms with E-state index in [1.165, 1.54) is 5.56 Å². The number of carbonyl (C=O) groups excluding carboxylic acids is 2. The predicted molar refractivity (Wildman–Crippen MR) is 87.6 cm³/mol. The maximum absolute atomic E-state index is 11.8. The quantitative estimate of drug-likeness (QED) is 0.658. The molecule has 0 fully saturated rings. The summed E-state index contributed by atoms with van der Waals surface area (Å²) in [5.74, 6) is -1.23. The Hall–Kier alpha value is -2.62. The molecule has 0 aromatic heterocycles. The van der Waals surface area contributed by atoms with Crippen LogP contribution in [0.3, 0.4) is 0 Å². The van der Waals surface area contributed by atoms with E-state index in [2.05, 4.69) is 10.6 Å². The third kappa shape index (κ3) is 4.74. The molecule has 2 amide bonds. The van der Waals surface area contributed by atoms with Crippen LogP contribution < -0.4 is 10.6 Å². The van der Waals surface area contributed by atoms with Crippen LogP contribution in [0.15, 0.2) is 54.6 Å². The first-order valence-electron chi connectivity index (χ1n) is 7.35. The molecule has 2 rings (SSSR count). The van der Waals surface area contributed by atoms with Gasteiger partial charge in [-0.15, -0.1) is 0 Å². The van der Waals surface area contributed by atoms with Crippen molar-refractivity contribution in [1.29, 1.82) is 0 Å². The summed E-state index contributed by atoms with van der Waals surface area (Å²) in [5.41, 5.74) is 2.81. The zero-order valence-electron chi connectivity index (χ0n) is 12.6. The number of carbonyl (C=O) groups is 2. The van der Waals surface area contributed by atoms with E-state index in [1.807, 2.05) is 55.5 Å². The number of anilines is 1. The molecule has 2 aromatic rings. The SMILES string of the molecule is Cc1ccccc1NC(=O)C(=O)NCCCc1ccccc1. The van der Waals surface area contributed by atoms with Crippen LogP contribution in [0.1, 0.15) is 17.5 Å². The van der Waals surface area contributed by atoms with E-state index in [-0.39, 0.29) is 0 Å². The number of benzene rings is 2. The van der Waals surface area contributed by atoms with Crippen molar-refractivity contribution in [1.82, 2.24) is 5.32 Å². The number of rotatable bonds is 5. The lowest BCUT2D eigenvalue weighted by molar-refractivity contribution is -0.136. The summed E-state index contributed by atoms with van der Waals surface area (Å²) < 4.78 is 0. The summed E-state index contributed by atoms with van der Waals surface area (Å²) in [7, 11) is 0. The third-order valence-corrected chi connectivity index (χ3v) is 3.37. The Morgan fingerprint density at radius 1 is 0.909 bits per heavy atom. The number of para-hydroxylation sites is 1. The largest absolute Gasteiger partial charge is 0.348 e. The molecule has 0 unspecified atom stereocenters. The molecule has 0 atom stereocenters. The minimum absolute atomic E-state index is 0.481. The van der Waals surface area contributed by atoms with Crippen molar-refractivity contribution < 1.29 is 9.59 Å². The van der Waals surface area contributed by atoms with Crippen LogP contribution in [0.2, 0.25) is 0 Å². The number of amides is 2. The topological polar surface area (TPSA) is 58.2 Å². The summed E-state index contributed by atoms with van der Waals surface area (Å²) in [6.07, 6.45) is 1.67. The van der Waals surface area contributed by atoms with Gasteiger partial charge in [-0.3, -0.25) is 9.59 Å². The van der Waals surface area contributed by atoms with E-state index >= 15 is 0 Å². The van der Waals surface area contributed by atoms with Crippen LogP contribution in [0.4, 0.5) is 5.69 Å². The molecule has 0 radical (unpaired) electrons. The van der Waals surface area contributed by atoms with E-state index in [9.17, 15) is 9.59 Å². The maximum atomic E-state index is 11.8. The highest BCUT2D eigenvalue weighted by Gasteiger charge is 2.13. The Morgan fingerprint density at radius 3 is 2.32 bits per heavy atom. The molecule has 0 bridgehead atoms. The smallest absolute Gasteiger partial charge is 0.313 e. The summed E-state index contributed by atoms with van der Waals surface area (Å²) in [6, 6.07) is 17.4. The Labute approximate surface area is 130 Å². The van der Waals surface area contributed by atoms with Gasteiger partial charge in [0.25, 0.3) is 0 Å². The number of hydrogen-bond acceptors (Lipinski definition) is 2. The van der Waals surface area contributed by atoms with Crippen molar-refractivity contribution >= 4 is 17.5 Å². The predicted octanol–water partition coefficient (Wildman–Crippen LogP) is 2.68. The Bertz CT molecular complexity index is 639. The average Bonchev–Trinajstić information content (AvgIpc) is 2.54. The molecule has 0 aliphatic carbocycles. The molecule has 0 heterocycles. The highest BCUT2D eigenvalue weighted by atomic mass is 16.2. The molecule has 2 N–H and O–H groups in total. The van der Waals surface area contributed by atoms with Gasteiger partial charge < -0.3 is 10.6 Å². The molecule has 4 heteroatoms. The highest BCUT2D eigenvalue weighted by Crippen LogP contribution is 2.12. The summed E-state index contributed by atoms with van der Waals surface area (Å²) in [5, 5.41) is 5.26. The van der Waals surface area contributed by atoms with E-state index in [1.54, 1.807) is 6.07 Å². The molecule has 0 saturated heterocycles. The van der Waals surface area contributed by atoms with Gasteiger partial charge in [0.05, 0.1) is 0 Å². The first-order valence-corrected chi connectivity index (χ1v) is 7.35. The van der Waals surface area contributed by atoms with Crippen LogP contribution in [-0.2, 0) is 16.0 Å². The standard InChI is InChI=1S/C18H20N2O2/c1-14-8-5-6-12-16(14)20-18(22)17(21)19-13-7-11-15-9-3-2-4-10-15/h2-6,8-10,12H,7,11,13H2,1H3,(H,19,21)(H,20,22). The van der Waals surface area contributed by atoms with Gasteiger partial charge >= 0.3 is 11.8 Å². The van der Waals surface area contributed by atoms with E-state index in [0.717, 1.165) is 18.4 Å². The third-order valence-electron chi connectivity index (χ3n) is 3.37. The van der Waals surface area contributed by atoms with Gasteiger partial charge in [-0.1, -0.05) is 48.5 Å². The fourth-order valence-corrected chi connectivity index (χ4v) is 2.11. The van der Waals surface area contributed by atoms with Gasteiger partial charge in [-0.25, -0.2) is 0 Å². The second-order valence-corrected chi connectivity index (χ2v) is 5.11. The molecule has 22 heavy (non-hydrogen) atoms. The number of nitrogens with one attached hydrogen (secondary N) is 2. The lowest BCUT2D eigenvalue weighted by Gasteiger charge is -2.08. The fourth-order valence-electron chi connectivity index (χ4n) is 2.11. The first kappa shape index (κ1) is 15.8. The molecular weight excluding hydrogens is 276 g/mol. The van der Waals surface area contributed by atoms with Gasteiger partial charge in [0.1, 0.15) is 0 Å². The second-order valence-electron chi connectivity index (χ2n) is 5.11. The highest BCUT2D eigenvalue weighted by molar-refractivity contribution is 6.39. The maximum Gasteiger partial charge on any atom is 0.313 e. The van der Waals surface area contributed by atoms with E-state index in [4.69, 9.17) is 0 Å². The molecule has 0 saturated carbocycles. The molecule has 0 aliphatic heterocycles. The Balaban J connectivity index is 1.73. The summed E-state index contributed by atoms with van der Waals surface area (Å²) >= 11 is 0. The zero-order chi connectivity index (χ0) is 15.8. The van der Waals surface area contributed by atoms with Crippen LogP contribution in [0.25, 0.3) is 0 Å². The van der Waals surface area contributed by atoms with Crippen molar-refractivity contribution in [2.45, 2.75) is 19.8 Å². The zero-order valence-corrected chi connectivity index (χ0v) is 12.6. The van der Waals surface area contributed by atoms with Crippen LogP contribution in [-0.4, -0.2) is 18.4 Å². The van der Waals surface area contributed by atoms with Crippen molar-refractivity contribution in [2.75, 3.05) is 11.9 Å². The Morgan fingerprint density at radius 2 is 1.59 bits per heavy atom. The molecule has 0 spiro atoms. The van der Waals surface area contributed by atoms with Gasteiger partial charge in [0, 0.05) is 12.2 Å². The average molecular weight is 296 g/mol. The monoisotopic (exact) mass is 296 g/mol. The molecule has 114 valence electrons.